The van der Waals surface area contributed by atoms with Gasteiger partial charge in [0.1, 0.15) is 5.15 Å². The van der Waals surface area contributed by atoms with Crippen LogP contribution in [0.3, 0.4) is 0 Å². The van der Waals surface area contributed by atoms with Gasteiger partial charge in [-0.05, 0) is 69.1 Å². The second-order valence-corrected chi connectivity index (χ2v) is 9.67. The number of amides is 2. The molecule has 2 amide bonds. The lowest BCUT2D eigenvalue weighted by Gasteiger charge is -2.60. The van der Waals surface area contributed by atoms with Crippen LogP contribution < -0.4 is 10.6 Å². The normalized spacial score (nSPS) is 37.1. The SMILES string of the molecule is CC(=O)N[C@]12CC3CC(C1)[C@@H](NC(=O)c1cnn(C4CCC4)c1Cl)C(C3)C2. The molecule has 5 saturated carbocycles. The van der Waals surface area contributed by atoms with Gasteiger partial charge in [-0.1, -0.05) is 11.6 Å². The van der Waals surface area contributed by atoms with E-state index >= 15 is 0 Å². The molecule has 6 rings (SSSR count). The Kier molecular flexibility index (Phi) is 4.04. The summed E-state index contributed by atoms with van der Waals surface area (Å²) in [5.74, 6) is 1.51. The van der Waals surface area contributed by atoms with E-state index in [4.69, 9.17) is 11.6 Å². The average molecular weight is 391 g/mol. The summed E-state index contributed by atoms with van der Waals surface area (Å²) >= 11 is 6.47. The van der Waals surface area contributed by atoms with Gasteiger partial charge in [-0.3, -0.25) is 14.3 Å². The second kappa shape index (κ2) is 6.23. The molecule has 5 fully saturated rings. The molecule has 1 aromatic heterocycles. The van der Waals surface area contributed by atoms with E-state index in [0.29, 0.717) is 34.5 Å². The standard InChI is InChI=1S/C20H27ClN4O2/c1-11(26)24-20-7-12-5-13(8-20)17(14(6-12)9-20)23-19(27)16-10-22-25(18(16)21)15-3-2-4-15/h10,12-15,17H,2-9H2,1H3,(H,23,27)(H,24,26)/t12?,13?,14?,17-,20-. The van der Waals surface area contributed by atoms with Crippen LogP contribution in [0.2, 0.25) is 5.15 Å². The molecule has 2 unspecified atom stereocenters. The molecule has 6 nitrogen and oxygen atoms in total. The molecule has 146 valence electrons. The van der Waals surface area contributed by atoms with Crippen molar-refractivity contribution in [3.05, 3.63) is 16.9 Å². The monoisotopic (exact) mass is 390 g/mol. The van der Waals surface area contributed by atoms with Crippen LogP contribution in [0.15, 0.2) is 6.20 Å². The van der Waals surface area contributed by atoms with Crippen molar-refractivity contribution in [2.45, 2.75) is 75.9 Å². The summed E-state index contributed by atoms with van der Waals surface area (Å²) in [6.45, 7) is 1.61. The topological polar surface area (TPSA) is 76.0 Å². The van der Waals surface area contributed by atoms with Gasteiger partial charge in [0.15, 0.2) is 0 Å². The molecule has 1 heterocycles. The summed E-state index contributed by atoms with van der Waals surface area (Å²) < 4.78 is 1.81. The lowest BCUT2D eigenvalue weighted by Crippen LogP contribution is -2.66. The van der Waals surface area contributed by atoms with Crippen LogP contribution in [0.1, 0.15) is 74.7 Å². The van der Waals surface area contributed by atoms with Crippen LogP contribution in [0, 0.1) is 17.8 Å². The Morgan fingerprint density at radius 3 is 2.52 bits per heavy atom. The zero-order valence-corrected chi connectivity index (χ0v) is 16.5. The maximum Gasteiger partial charge on any atom is 0.256 e. The van der Waals surface area contributed by atoms with Gasteiger partial charge in [0.05, 0.1) is 17.8 Å². The second-order valence-electron chi connectivity index (χ2n) is 9.31. The number of hydrogen-bond acceptors (Lipinski definition) is 3. The molecular weight excluding hydrogens is 364 g/mol. The molecule has 27 heavy (non-hydrogen) atoms. The van der Waals surface area contributed by atoms with E-state index in [9.17, 15) is 9.59 Å². The van der Waals surface area contributed by atoms with E-state index in [1.807, 2.05) is 4.68 Å². The molecule has 0 radical (unpaired) electrons. The molecule has 0 saturated heterocycles. The highest BCUT2D eigenvalue weighted by atomic mass is 35.5. The van der Waals surface area contributed by atoms with E-state index < -0.39 is 0 Å². The Morgan fingerprint density at radius 2 is 1.93 bits per heavy atom. The van der Waals surface area contributed by atoms with Gasteiger partial charge in [0.2, 0.25) is 5.91 Å². The van der Waals surface area contributed by atoms with Gasteiger partial charge in [-0.15, -0.1) is 0 Å². The van der Waals surface area contributed by atoms with Gasteiger partial charge in [0.25, 0.3) is 5.91 Å². The first-order chi connectivity index (χ1) is 12.9. The molecular formula is C20H27ClN4O2. The van der Waals surface area contributed by atoms with Crippen LogP contribution in [0.25, 0.3) is 0 Å². The van der Waals surface area contributed by atoms with Crippen LogP contribution in [-0.2, 0) is 4.79 Å². The molecule has 1 aromatic rings. The van der Waals surface area contributed by atoms with Crippen molar-refractivity contribution in [3.63, 3.8) is 0 Å². The molecule has 0 spiro atoms. The van der Waals surface area contributed by atoms with Gasteiger partial charge in [0, 0.05) is 18.5 Å². The summed E-state index contributed by atoms with van der Waals surface area (Å²) in [5.41, 5.74) is 0.449. The Labute approximate surface area is 164 Å². The summed E-state index contributed by atoms with van der Waals surface area (Å²) in [5, 5.41) is 11.4. The molecule has 4 bridgehead atoms. The number of carbonyl (C=O) groups excluding carboxylic acids is 2. The minimum absolute atomic E-state index is 0.0453. The average Bonchev–Trinajstić information content (AvgIpc) is 2.89. The van der Waals surface area contributed by atoms with Crippen LogP contribution in [0.4, 0.5) is 0 Å². The number of halogens is 1. The van der Waals surface area contributed by atoms with E-state index in [-0.39, 0.29) is 23.4 Å². The zero-order valence-electron chi connectivity index (χ0n) is 15.7. The Morgan fingerprint density at radius 1 is 1.22 bits per heavy atom. The molecule has 2 atom stereocenters. The van der Waals surface area contributed by atoms with Crippen LogP contribution >= 0.6 is 11.6 Å². The molecule has 0 aromatic carbocycles. The van der Waals surface area contributed by atoms with Gasteiger partial charge >= 0.3 is 0 Å². The fourth-order valence-electron chi connectivity index (χ4n) is 6.40. The minimum atomic E-state index is -0.100. The lowest BCUT2D eigenvalue weighted by atomic mass is 9.51. The smallest absolute Gasteiger partial charge is 0.256 e. The number of nitrogens with one attached hydrogen (secondary N) is 2. The third-order valence-electron chi connectivity index (χ3n) is 7.41. The number of carbonyl (C=O) groups is 2. The third-order valence-corrected chi connectivity index (χ3v) is 7.79. The lowest BCUT2D eigenvalue weighted by molar-refractivity contribution is -0.125. The van der Waals surface area contributed by atoms with Crippen molar-refractivity contribution in [3.8, 4) is 0 Å². The quantitative estimate of drug-likeness (QED) is 0.829. The molecule has 2 N–H and O–H groups in total. The predicted octanol–water partition coefficient (Wildman–Crippen LogP) is 3.07. The zero-order chi connectivity index (χ0) is 18.8. The number of aromatic nitrogens is 2. The fraction of sp³-hybridized carbons (Fsp3) is 0.750. The summed E-state index contributed by atoms with van der Waals surface area (Å²) in [4.78, 5) is 24.6. The fourth-order valence-corrected chi connectivity index (χ4v) is 6.72. The van der Waals surface area contributed by atoms with E-state index in [2.05, 4.69) is 15.7 Å². The van der Waals surface area contributed by atoms with E-state index in [1.165, 1.54) is 6.42 Å². The van der Waals surface area contributed by atoms with Crippen LogP contribution in [-0.4, -0.2) is 33.2 Å². The Hall–Kier alpha value is -1.56. The molecule has 7 heteroatoms. The maximum absolute atomic E-state index is 12.9. The summed E-state index contributed by atoms with van der Waals surface area (Å²) in [6, 6.07) is 0.525. The third kappa shape index (κ3) is 2.87. The highest BCUT2D eigenvalue weighted by molar-refractivity contribution is 6.32. The first-order valence-electron chi connectivity index (χ1n) is 10.3. The van der Waals surface area contributed by atoms with Crippen molar-refractivity contribution in [1.82, 2.24) is 20.4 Å². The van der Waals surface area contributed by atoms with E-state index in [1.54, 1.807) is 13.1 Å². The maximum atomic E-state index is 12.9. The minimum Gasteiger partial charge on any atom is -0.351 e. The largest absolute Gasteiger partial charge is 0.351 e. The van der Waals surface area contributed by atoms with Gasteiger partial charge in [-0.25, -0.2) is 0 Å². The molecule has 5 aliphatic rings. The van der Waals surface area contributed by atoms with Crippen molar-refractivity contribution in [2.75, 3.05) is 0 Å². The number of rotatable bonds is 4. The number of nitrogens with zero attached hydrogens (tertiary/aromatic N) is 2. The van der Waals surface area contributed by atoms with Crippen molar-refractivity contribution >= 4 is 23.4 Å². The van der Waals surface area contributed by atoms with Crippen LogP contribution in [0.5, 0.6) is 0 Å². The first-order valence-corrected chi connectivity index (χ1v) is 10.6. The highest BCUT2D eigenvalue weighted by Gasteiger charge is 2.56. The highest BCUT2D eigenvalue weighted by Crippen LogP contribution is 2.55. The van der Waals surface area contributed by atoms with E-state index in [0.717, 1.165) is 44.9 Å². The summed E-state index contributed by atoms with van der Waals surface area (Å²) in [7, 11) is 0. The van der Waals surface area contributed by atoms with Crippen molar-refractivity contribution < 1.29 is 9.59 Å². The summed E-state index contributed by atoms with van der Waals surface area (Å²) in [6.07, 6.45) is 10.3. The Balaban J connectivity index is 1.31. The van der Waals surface area contributed by atoms with Gasteiger partial charge in [-0.2, -0.15) is 5.10 Å². The first kappa shape index (κ1) is 17.5. The number of hydrogen-bond donors (Lipinski definition) is 2. The van der Waals surface area contributed by atoms with Crippen molar-refractivity contribution in [2.24, 2.45) is 17.8 Å². The van der Waals surface area contributed by atoms with Gasteiger partial charge < -0.3 is 10.6 Å². The molecule has 0 aliphatic heterocycles. The molecule has 5 aliphatic carbocycles. The Bertz CT molecular complexity index is 771. The predicted molar refractivity (Wildman–Crippen MR) is 101 cm³/mol. The van der Waals surface area contributed by atoms with Crippen molar-refractivity contribution in [1.29, 1.82) is 0 Å².